The number of aromatic nitrogens is 2. The second kappa shape index (κ2) is 4.29. The Morgan fingerprint density at radius 3 is 2.88 bits per heavy atom. The fourth-order valence-corrected chi connectivity index (χ4v) is 1.61. The van der Waals surface area contributed by atoms with Crippen molar-refractivity contribution in [2.24, 2.45) is 7.05 Å². The Morgan fingerprint density at radius 1 is 1.53 bits per heavy atom. The van der Waals surface area contributed by atoms with Gasteiger partial charge in [0, 0.05) is 13.5 Å². The number of nitrogens with zero attached hydrogens (tertiary/aromatic N) is 2. The van der Waals surface area contributed by atoms with Crippen molar-refractivity contribution in [2.75, 3.05) is 5.73 Å². The second-order valence-corrected chi connectivity index (χ2v) is 3.84. The summed E-state index contributed by atoms with van der Waals surface area (Å²) in [5, 5.41) is 13.2. The van der Waals surface area contributed by atoms with Crippen LogP contribution in [0, 0.1) is 0 Å². The van der Waals surface area contributed by atoms with E-state index in [1.54, 1.807) is 31.3 Å². The fourth-order valence-electron chi connectivity index (χ4n) is 1.61. The van der Waals surface area contributed by atoms with E-state index in [1.165, 1.54) is 10.9 Å². The van der Waals surface area contributed by atoms with Crippen LogP contribution in [0.4, 0.5) is 5.82 Å². The third kappa shape index (κ3) is 2.28. The summed E-state index contributed by atoms with van der Waals surface area (Å²) in [4.78, 5) is 11.9. The first-order valence-electron chi connectivity index (χ1n) is 5.16. The molecule has 0 saturated carbocycles. The van der Waals surface area contributed by atoms with Gasteiger partial charge in [-0.15, -0.1) is 0 Å². The molecule has 2 aromatic rings. The van der Waals surface area contributed by atoms with Gasteiger partial charge in [0.1, 0.15) is 11.6 Å². The molecule has 1 aromatic carbocycles. The van der Waals surface area contributed by atoms with Crippen molar-refractivity contribution in [1.82, 2.24) is 9.78 Å². The number of aromatic hydroxyl groups is 1. The molecule has 0 aliphatic heterocycles. The molecule has 88 valence electrons. The number of rotatable bonds is 3. The lowest BCUT2D eigenvalue weighted by atomic mass is 10.0. The van der Waals surface area contributed by atoms with Gasteiger partial charge in [-0.1, -0.05) is 12.1 Å². The van der Waals surface area contributed by atoms with Crippen LogP contribution in [0.15, 0.2) is 30.5 Å². The Hall–Kier alpha value is -2.30. The highest BCUT2D eigenvalue weighted by molar-refractivity contribution is 6.01. The van der Waals surface area contributed by atoms with Crippen LogP contribution in [0.2, 0.25) is 0 Å². The first-order chi connectivity index (χ1) is 8.08. The fraction of sp³-hybridized carbons (Fsp3) is 0.167. The van der Waals surface area contributed by atoms with Crippen LogP contribution in [-0.4, -0.2) is 20.7 Å². The lowest BCUT2D eigenvalue weighted by molar-refractivity contribution is 0.0994. The van der Waals surface area contributed by atoms with Crippen LogP contribution >= 0.6 is 0 Å². The SMILES string of the molecule is Cn1ncc(C(=O)Cc2cccc(O)c2)c1N. The standard InChI is InChI=1S/C12H13N3O2/c1-15-12(13)10(7-14-15)11(17)6-8-3-2-4-9(16)5-8/h2-5,7,16H,6,13H2,1H3. The van der Waals surface area contributed by atoms with Crippen LogP contribution in [-0.2, 0) is 13.5 Å². The number of aryl methyl sites for hydroxylation is 1. The van der Waals surface area contributed by atoms with E-state index < -0.39 is 0 Å². The normalized spacial score (nSPS) is 10.4. The Balaban J connectivity index is 2.20. The summed E-state index contributed by atoms with van der Waals surface area (Å²) in [6.07, 6.45) is 1.66. The number of carbonyl (C=O) groups is 1. The molecule has 0 aliphatic carbocycles. The van der Waals surface area contributed by atoms with Crippen molar-refractivity contribution < 1.29 is 9.90 Å². The minimum Gasteiger partial charge on any atom is -0.508 e. The summed E-state index contributed by atoms with van der Waals surface area (Å²) in [5.41, 5.74) is 6.88. The highest BCUT2D eigenvalue weighted by Crippen LogP contribution is 2.16. The molecule has 17 heavy (non-hydrogen) atoms. The molecule has 2 rings (SSSR count). The molecule has 0 bridgehead atoms. The van der Waals surface area contributed by atoms with Crippen molar-refractivity contribution in [3.8, 4) is 5.75 Å². The summed E-state index contributed by atoms with van der Waals surface area (Å²) in [6, 6.07) is 6.60. The maximum atomic E-state index is 11.9. The Bertz CT molecular complexity index is 561. The number of benzene rings is 1. The van der Waals surface area contributed by atoms with Crippen molar-refractivity contribution in [3.05, 3.63) is 41.6 Å². The molecular formula is C12H13N3O2. The number of anilines is 1. The third-order valence-electron chi connectivity index (χ3n) is 2.56. The van der Waals surface area contributed by atoms with Crippen LogP contribution in [0.1, 0.15) is 15.9 Å². The van der Waals surface area contributed by atoms with Gasteiger partial charge >= 0.3 is 0 Å². The van der Waals surface area contributed by atoms with E-state index in [9.17, 15) is 9.90 Å². The van der Waals surface area contributed by atoms with Gasteiger partial charge in [0.15, 0.2) is 5.78 Å². The van der Waals surface area contributed by atoms with Gasteiger partial charge in [-0.2, -0.15) is 5.10 Å². The monoisotopic (exact) mass is 231 g/mol. The number of Topliss-reactive ketones (excluding diaryl/α,β-unsaturated/α-hetero) is 1. The maximum absolute atomic E-state index is 11.9. The van der Waals surface area contributed by atoms with E-state index in [-0.39, 0.29) is 18.0 Å². The predicted octanol–water partition coefficient (Wildman–Crippen LogP) is 1.13. The number of hydrogen-bond donors (Lipinski definition) is 2. The van der Waals surface area contributed by atoms with Crippen LogP contribution in [0.5, 0.6) is 5.75 Å². The Labute approximate surface area is 98.5 Å². The van der Waals surface area contributed by atoms with Gasteiger partial charge in [-0.05, 0) is 17.7 Å². The molecule has 0 radical (unpaired) electrons. The molecule has 0 aliphatic rings. The molecule has 5 nitrogen and oxygen atoms in total. The summed E-state index contributed by atoms with van der Waals surface area (Å²) < 4.78 is 1.45. The van der Waals surface area contributed by atoms with E-state index >= 15 is 0 Å². The van der Waals surface area contributed by atoms with Gasteiger partial charge in [-0.25, -0.2) is 0 Å². The van der Waals surface area contributed by atoms with Crippen molar-refractivity contribution in [2.45, 2.75) is 6.42 Å². The summed E-state index contributed by atoms with van der Waals surface area (Å²) in [5.74, 6) is 0.394. The number of nitrogens with two attached hydrogens (primary N) is 1. The highest BCUT2D eigenvalue weighted by Gasteiger charge is 2.14. The molecule has 0 atom stereocenters. The van der Waals surface area contributed by atoms with Crippen molar-refractivity contribution >= 4 is 11.6 Å². The first-order valence-corrected chi connectivity index (χ1v) is 5.16. The van der Waals surface area contributed by atoms with E-state index in [2.05, 4.69) is 5.10 Å². The van der Waals surface area contributed by atoms with Crippen LogP contribution < -0.4 is 5.73 Å². The molecular weight excluding hydrogens is 218 g/mol. The first kappa shape index (κ1) is 11.2. The summed E-state index contributed by atoms with van der Waals surface area (Å²) in [7, 11) is 1.68. The van der Waals surface area contributed by atoms with Crippen LogP contribution in [0.3, 0.4) is 0 Å². The predicted molar refractivity (Wildman–Crippen MR) is 63.8 cm³/mol. The smallest absolute Gasteiger partial charge is 0.172 e. The van der Waals surface area contributed by atoms with E-state index in [4.69, 9.17) is 5.73 Å². The Morgan fingerprint density at radius 2 is 2.29 bits per heavy atom. The largest absolute Gasteiger partial charge is 0.508 e. The number of ketones is 1. The molecule has 5 heteroatoms. The lowest BCUT2D eigenvalue weighted by Gasteiger charge is -2.01. The number of phenols is 1. The number of carbonyl (C=O) groups excluding carboxylic acids is 1. The van der Waals surface area contributed by atoms with E-state index in [0.29, 0.717) is 11.4 Å². The third-order valence-corrected chi connectivity index (χ3v) is 2.56. The summed E-state index contributed by atoms with van der Waals surface area (Å²) >= 11 is 0. The van der Waals surface area contributed by atoms with Gasteiger partial charge in [0.25, 0.3) is 0 Å². The molecule has 0 fully saturated rings. The average molecular weight is 231 g/mol. The molecule has 0 amide bonds. The van der Waals surface area contributed by atoms with Gasteiger partial charge in [-0.3, -0.25) is 9.48 Å². The second-order valence-electron chi connectivity index (χ2n) is 3.84. The molecule has 1 aromatic heterocycles. The summed E-state index contributed by atoms with van der Waals surface area (Å²) in [6.45, 7) is 0. The van der Waals surface area contributed by atoms with Gasteiger partial charge < -0.3 is 10.8 Å². The quantitative estimate of drug-likeness (QED) is 0.776. The van der Waals surface area contributed by atoms with Crippen LogP contribution in [0.25, 0.3) is 0 Å². The van der Waals surface area contributed by atoms with Crippen molar-refractivity contribution in [3.63, 3.8) is 0 Å². The minimum atomic E-state index is -0.110. The maximum Gasteiger partial charge on any atom is 0.172 e. The Kier molecular flexibility index (Phi) is 2.82. The lowest BCUT2D eigenvalue weighted by Crippen LogP contribution is -2.07. The number of hydrogen-bond acceptors (Lipinski definition) is 4. The zero-order valence-electron chi connectivity index (χ0n) is 9.42. The number of nitrogen functional groups attached to an aromatic ring is 1. The topological polar surface area (TPSA) is 81.1 Å². The zero-order chi connectivity index (χ0) is 12.4. The van der Waals surface area contributed by atoms with E-state index in [1.807, 2.05) is 0 Å². The minimum absolute atomic E-state index is 0.110. The molecule has 0 unspecified atom stereocenters. The molecule has 0 spiro atoms. The average Bonchev–Trinajstić information content (AvgIpc) is 2.60. The molecule has 1 heterocycles. The number of phenolic OH excluding ortho intramolecular Hbond substituents is 1. The van der Waals surface area contributed by atoms with Crippen molar-refractivity contribution in [1.29, 1.82) is 0 Å². The van der Waals surface area contributed by atoms with Gasteiger partial charge in [0.2, 0.25) is 0 Å². The molecule has 0 saturated heterocycles. The molecule has 3 N–H and O–H groups in total. The van der Waals surface area contributed by atoms with Gasteiger partial charge in [0.05, 0.1) is 11.8 Å². The van der Waals surface area contributed by atoms with E-state index in [0.717, 1.165) is 5.56 Å². The highest BCUT2D eigenvalue weighted by atomic mass is 16.3. The zero-order valence-corrected chi connectivity index (χ0v) is 9.42.